The molecule has 2 aromatic carbocycles. The van der Waals surface area contributed by atoms with Crippen molar-refractivity contribution in [2.75, 3.05) is 13.1 Å². The standard InChI is InChI=1S/C22H26N4O/c1-3-23-21(26-16-22(2,27)18-10-5-4-6-11-18)25-15-20-19-12-8-7-9-17(19)13-14-24-20/h4-14,27H,3,15-16H2,1-2H3,(H2,23,25,26). The van der Waals surface area contributed by atoms with Crippen molar-refractivity contribution in [1.29, 1.82) is 0 Å². The van der Waals surface area contributed by atoms with Crippen LogP contribution in [0.5, 0.6) is 0 Å². The molecule has 0 bridgehead atoms. The highest BCUT2D eigenvalue weighted by molar-refractivity contribution is 5.85. The minimum Gasteiger partial charge on any atom is -0.384 e. The molecule has 0 aliphatic rings. The van der Waals surface area contributed by atoms with E-state index in [1.807, 2.05) is 61.7 Å². The van der Waals surface area contributed by atoms with Gasteiger partial charge in [-0.2, -0.15) is 0 Å². The molecular weight excluding hydrogens is 336 g/mol. The third-order valence-electron chi connectivity index (χ3n) is 4.48. The van der Waals surface area contributed by atoms with Gasteiger partial charge >= 0.3 is 0 Å². The predicted octanol–water partition coefficient (Wildman–Crippen LogP) is 3.20. The number of fused-ring (bicyclic) bond motifs is 1. The maximum atomic E-state index is 10.8. The second-order valence-electron chi connectivity index (χ2n) is 6.67. The van der Waals surface area contributed by atoms with E-state index in [1.165, 1.54) is 0 Å². The van der Waals surface area contributed by atoms with Gasteiger partial charge in [-0.05, 0) is 30.9 Å². The Morgan fingerprint density at radius 3 is 2.56 bits per heavy atom. The molecule has 0 aliphatic carbocycles. The van der Waals surface area contributed by atoms with E-state index in [-0.39, 0.29) is 0 Å². The van der Waals surface area contributed by atoms with E-state index in [0.29, 0.717) is 19.0 Å². The van der Waals surface area contributed by atoms with Crippen LogP contribution in [0, 0.1) is 0 Å². The smallest absolute Gasteiger partial charge is 0.191 e. The minimum absolute atomic E-state index is 0.353. The summed E-state index contributed by atoms with van der Waals surface area (Å²) in [5, 5.41) is 19.5. The van der Waals surface area contributed by atoms with Gasteiger partial charge in [-0.3, -0.25) is 4.98 Å². The number of hydrogen-bond acceptors (Lipinski definition) is 3. The van der Waals surface area contributed by atoms with Crippen LogP contribution in [-0.2, 0) is 12.1 Å². The van der Waals surface area contributed by atoms with Crippen LogP contribution < -0.4 is 10.6 Å². The van der Waals surface area contributed by atoms with Crippen molar-refractivity contribution in [3.8, 4) is 0 Å². The highest BCUT2D eigenvalue weighted by Gasteiger charge is 2.22. The van der Waals surface area contributed by atoms with Crippen LogP contribution in [0.15, 0.2) is 71.9 Å². The van der Waals surface area contributed by atoms with Crippen molar-refractivity contribution in [1.82, 2.24) is 15.6 Å². The lowest BCUT2D eigenvalue weighted by atomic mass is 9.96. The lowest BCUT2D eigenvalue weighted by molar-refractivity contribution is 0.0617. The van der Waals surface area contributed by atoms with Crippen LogP contribution in [0.3, 0.4) is 0 Å². The summed E-state index contributed by atoms with van der Waals surface area (Å²) in [5.74, 6) is 0.656. The molecule has 3 aromatic rings. The summed E-state index contributed by atoms with van der Waals surface area (Å²) in [4.78, 5) is 9.13. The molecule has 1 aromatic heterocycles. The lowest BCUT2D eigenvalue weighted by Crippen LogP contribution is -2.44. The Balaban J connectivity index is 1.73. The van der Waals surface area contributed by atoms with E-state index in [1.54, 1.807) is 6.92 Å². The van der Waals surface area contributed by atoms with Gasteiger partial charge in [-0.25, -0.2) is 4.99 Å². The first kappa shape index (κ1) is 18.9. The molecule has 1 atom stereocenters. The van der Waals surface area contributed by atoms with Crippen LogP contribution in [-0.4, -0.2) is 29.1 Å². The van der Waals surface area contributed by atoms with E-state index in [0.717, 1.165) is 28.6 Å². The number of aliphatic hydroxyl groups is 1. The Bertz CT molecular complexity index is 901. The van der Waals surface area contributed by atoms with Gasteiger partial charge in [-0.1, -0.05) is 54.6 Å². The van der Waals surface area contributed by atoms with E-state index < -0.39 is 5.60 Å². The highest BCUT2D eigenvalue weighted by Crippen LogP contribution is 2.19. The van der Waals surface area contributed by atoms with Crippen molar-refractivity contribution in [3.05, 3.63) is 78.1 Å². The Hall–Kier alpha value is -2.92. The van der Waals surface area contributed by atoms with Crippen LogP contribution >= 0.6 is 0 Å². The molecule has 27 heavy (non-hydrogen) atoms. The maximum Gasteiger partial charge on any atom is 0.191 e. The first-order valence-corrected chi connectivity index (χ1v) is 9.23. The van der Waals surface area contributed by atoms with Crippen LogP contribution in [0.4, 0.5) is 0 Å². The Kier molecular flexibility index (Phi) is 6.04. The number of hydrogen-bond donors (Lipinski definition) is 3. The SMILES string of the molecule is CCNC(=NCc1nccc2ccccc12)NCC(C)(O)c1ccccc1. The topological polar surface area (TPSA) is 69.5 Å². The van der Waals surface area contributed by atoms with E-state index in [2.05, 4.69) is 32.7 Å². The van der Waals surface area contributed by atoms with Gasteiger partial charge in [0.2, 0.25) is 0 Å². The Morgan fingerprint density at radius 1 is 1.04 bits per heavy atom. The second-order valence-corrected chi connectivity index (χ2v) is 6.67. The lowest BCUT2D eigenvalue weighted by Gasteiger charge is -2.25. The van der Waals surface area contributed by atoms with Crippen LogP contribution in [0.2, 0.25) is 0 Å². The summed E-state index contributed by atoms with van der Waals surface area (Å²) >= 11 is 0. The van der Waals surface area contributed by atoms with Crippen molar-refractivity contribution < 1.29 is 5.11 Å². The van der Waals surface area contributed by atoms with Crippen LogP contribution in [0.1, 0.15) is 25.1 Å². The molecule has 3 rings (SSSR count). The van der Waals surface area contributed by atoms with Gasteiger partial charge in [0, 0.05) is 18.1 Å². The number of rotatable bonds is 6. The van der Waals surface area contributed by atoms with E-state index in [9.17, 15) is 5.11 Å². The molecule has 1 heterocycles. The van der Waals surface area contributed by atoms with Crippen molar-refractivity contribution in [2.24, 2.45) is 4.99 Å². The van der Waals surface area contributed by atoms with Gasteiger partial charge in [-0.15, -0.1) is 0 Å². The van der Waals surface area contributed by atoms with Gasteiger partial charge in [0.1, 0.15) is 5.60 Å². The zero-order valence-electron chi connectivity index (χ0n) is 15.8. The van der Waals surface area contributed by atoms with Gasteiger partial charge < -0.3 is 15.7 Å². The maximum absolute atomic E-state index is 10.8. The molecule has 0 saturated carbocycles. The van der Waals surface area contributed by atoms with E-state index >= 15 is 0 Å². The summed E-state index contributed by atoms with van der Waals surface area (Å²) in [5.41, 5.74) is 0.805. The number of nitrogens with one attached hydrogen (secondary N) is 2. The number of benzene rings is 2. The number of pyridine rings is 1. The molecule has 1 unspecified atom stereocenters. The van der Waals surface area contributed by atoms with Crippen molar-refractivity contribution in [3.63, 3.8) is 0 Å². The summed E-state index contributed by atoms with van der Waals surface area (Å²) in [6.07, 6.45) is 1.81. The average molecular weight is 362 g/mol. The monoisotopic (exact) mass is 362 g/mol. The molecule has 0 fully saturated rings. The molecule has 5 nitrogen and oxygen atoms in total. The minimum atomic E-state index is -0.991. The summed E-state index contributed by atoms with van der Waals surface area (Å²) in [6.45, 7) is 5.37. The molecule has 0 spiro atoms. The van der Waals surface area contributed by atoms with Crippen molar-refractivity contribution in [2.45, 2.75) is 26.0 Å². The van der Waals surface area contributed by atoms with E-state index in [4.69, 9.17) is 0 Å². The predicted molar refractivity (Wildman–Crippen MR) is 111 cm³/mol. The number of aliphatic imine (C=N–C) groups is 1. The van der Waals surface area contributed by atoms with Gasteiger partial charge in [0.25, 0.3) is 0 Å². The average Bonchev–Trinajstić information content (AvgIpc) is 2.71. The molecule has 140 valence electrons. The summed E-state index contributed by atoms with van der Waals surface area (Å²) in [7, 11) is 0. The zero-order valence-corrected chi connectivity index (χ0v) is 15.8. The highest BCUT2D eigenvalue weighted by atomic mass is 16.3. The molecule has 0 radical (unpaired) electrons. The molecule has 0 aliphatic heterocycles. The fourth-order valence-electron chi connectivity index (χ4n) is 2.96. The normalized spacial score (nSPS) is 14.0. The third kappa shape index (κ3) is 4.83. The second kappa shape index (κ2) is 8.64. The summed E-state index contributed by atoms with van der Waals surface area (Å²) < 4.78 is 0. The first-order chi connectivity index (χ1) is 13.1. The van der Waals surface area contributed by atoms with Gasteiger partial charge in [0.05, 0.1) is 18.8 Å². The Morgan fingerprint density at radius 2 is 1.78 bits per heavy atom. The zero-order chi connectivity index (χ0) is 19.1. The molecule has 0 saturated heterocycles. The summed E-state index contributed by atoms with van der Waals surface area (Å²) in [6, 6.07) is 19.8. The quantitative estimate of drug-likeness (QED) is 0.465. The van der Waals surface area contributed by atoms with Crippen molar-refractivity contribution >= 4 is 16.7 Å². The fraction of sp³-hybridized carbons (Fsp3) is 0.273. The molecule has 0 amide bonds. The fourth-order valence-corrected chi connectivity index (χ4v) is 2.96. The molecular formula is C22H26N4O. The third-order valence-corrected chi connectivity index (χ3v) is 4.48. The first-order valence-electron chi connectivity index (χ1n) is 9.23. The number of guanidine groups is 1. The van der Waals surface area contributed by atoms with Gasteiger partial charge in [0.15, 0.2) is 5.96 Å². The number of aromatic nitrogens is 1. The van der Waals surface area contributed by atoms with Crippen LogP contribution in [0.25, 0.3) is 10.8 Å². The Labute approximate surface area is 160 Å². The molecule has 5 heteroatoms. The largest absolute Gasteiger partial charge is 0.384 e. The molecule has 3 N–H and O–H groups in total. The number of nitrogens with zero attached hydrogens (tertiary/aromatic N) is 2.